The highest BCUT2D eigenvalue weighted by Gasteiger charge is 2.22. The third-order valence-electron chi connectivity index (χ3n) is 5.10. The summed E-state index contributed by atoms with van der Waals surface area (Å²) in [5, 5.41) is 16.2. The number of hydrogen-bond acceptors (Lipinski definition) is 4. The van der Waals surface area contributed by atoms with E-state index in [0.29, 0.717) is 25.6 Å². The van der Waals surface area contributed by atoms with Crippen molar-refractivity contribution >= 4 is 16.0 Å². The van der Waals surface area contributed by atoms with E-state index in [4.69, 9.17) is 0 Å². The third-order valence-corrected chi connectivity index (χ3v) is 7.15. The van der Waals surface area contributed by atoms with E-state index < -0.39 is 10.0 Å². The lowest BCUT2D eigenvalue weighted by Gasteiger charge is -2.21. The number of sulfonamides is 1. The Morgan fingerprint density at radius 3 is 2.26 bits per heavy atom. The molecule has 31 heavy (non-hydrogen) atoms. The maximum absolute atomic E-state index is 12.6. The molecule has 0 aliphatic rings. The Kier molecular flexibility index (Phi) is 9.48. The molecule has 0 aromatic heterocycles. The van der Waals surface area contributed by atoms with E-state index >= 15 is 0 Å². The van der Waals surface area contributed by atoms with Crippen LogP contribution in [0.15, 0.2) is 64.5 Å². The van der Waals surface area contributed by atoms with E-state index in [2.05, 4.69) is 15.6 Å². The highest BCUT2D eigenvalue weighted by atomic mass is 32.2. The van der Waals surface area contributed by atoms with Gasteiger partial charge in [0.25, 0.3) is 0 Å². The van der Waals surface area contributed by atoms with Gasteiger partial charge in [0.2, 0.25) is 10.0 Å². The van der Waals surface area contributed by atoms with Crippen LogP contribution in [-0.2, 0) is 16.6 Å². The Bertz CT molecular complexity index is 929. The van der Waals surface area contributed by atoms with Gasteiger partial charge in [-0.3, -0.25) is 0 Å². The summed E-state index contributed by atoms with van der Waals surface area (Å²) in [4.78, 5) is 4.87. The van der Waals surface area contributed by atoms with Crippen LogP contribution in [0.4, 0.5) is 0 Å². The summed E-state index contributed by atoms with van der Waals surface area (Å²) < 4.78 is 26.5. The number of nitrogens with zero attached hydrogens (tertiary/aromatic N) is 2. The second-order valence-corrected chi connectivity index (χ2v) is 9.62. The molecule has 3 N–H and O–H groups in total. The molecule has 0 spiro atoms. The van der Waals surface area contributed by atoms with Crippen molar-refractivity contribution in [2.24, 2.45) is 4.99 Å². The van der Waals surface area contributed by atoms with Crippen molar-refractivity contribution < 1.29 is 13.5 Å². The first-order valence-electron chi connectivity index (χ1n) is 10.5. The van der Waals surface area contributed by atoms with Gasteiger partial charge in [0, 0.05) is 32.1 Å². The van der Waals surface area contributed by atoms with E-state index in [-0.39, 0.29) is 23.5 Å². The average molecular weight is 447 g/mol. The average Bonchev–Trinajstić information content (AvgIpc) is 2.78. The molecule has 0 saturated heterocycles. The molecule has 2 rings (SSSR count). The molecule has 170 valence electrons. The van der Waals surface area contributed by atoms with Gasteiger partial charge >= 0.3 is 0 Å². The summed E-state index contributed by atoms with van der Waals surface area (Å²) in [7, 11) is -1.91. The molecule has 1 unspecified atom stereocenters. The molecule has 0 aliphatic carbocycles. The van der Waals surface area contributed by atoms with Crippen LogP contribution in [0, 0.1) is 0 Å². The quantitative estimate of drug-likeness (QED) is 0.385. The highest BCUT2D eigenvalue weighted by molar-refractivity contribution is 7.89. The maximum atomic E-state index is 12.6. The van der Waals surface area contributed by atoms with Crippen molar-refractivity contribution in [1.29, 1.82) is 0 Å². The summed E-state index contributed by atoms with van der Waals surface area (Å²) in [6.45, 7) is 7.37. The molecule has 0 bridgehead atoms. The van der Waals surface area contributed by atoms with Crippen LogP contribution in [0.5, 0.6) is 0 Å². The van der Waals surface area contributed by atoms with Gasteiger partial charge < -0.3 is 15.7 Å². The summed E-state index contributed by atoms with van der Waals surface area (Å²) in [5.41, 5.74) is 1.97. The topological polar surface area (TPSA) is 94.0 Å². The molecule has 0 fully saturated rings. The zero-order chi connectivity index (χ0) is 22.9. The zero-order valence-electron chi connectivity index (χ0n) is 18.7. The first-order valence-corrected chi connectivity index (χ1v) is 12.0. The van der Waals surface area contributed by atoms with Crippen LogP contribution in [0.3, 0.4) is 0 Å². The SMILES string of the molecule is CCNC(=NCc1ccc(S(=O)(=O)N(C)C(C)C)cc1)NCC(CO)c1ccccc1. The van der Waals surface area contributed by atoms with Gasteiger partial charge in [-0.1, -0.05) is 42.5 Å². The molecule has 0 saturated carbocycles. The van der Waals surface area contributed by atoms with Crippen molar-refractivity contribution in [2.75, 3.05) is 26.7 Å². The van der Waals surface area contributed by atoms with Gasteiger partial charge in [-0.25, -0.2) is 13.4 Å². The molecular formula is C23H34N4O3S. The fourth-order valence-electron chi connectivity index (χ4n) is 2.96. The van der Waals surface area contributed by atoms with Crippen LogP contribution in [0.1, 0.15) is 37.8 Å². The number of nitrogens with one attached hydrogen (secondary N) is 2. The third kappa shape index (κ3) is 7.05. The van der Waals surface area contributed by atoms with E-state index in [9.17, 15) is 13.5 Å². The minimum Gasteiger partial charge on any atom is -0.396 e. The number of aliphatic imine (C=N–C) groups is 1. The lowest BCUT2D eigenvalue weighted by Crippen LogP contribution is -2.39. The minimum atomic E-state index is -3.49. The molecule has 2 aromatic rings. The van der Waals surface area contributed by atoms with Crippen molar-refractivity contribution in [2.45, 2.75) is 44.2 Å². The molecular weight excluding hydrogens is 412 g/mol. The summed E-state index contributed by atoms with van der Waals surface area (Å²) >= 11 is 0. The fourth-order valence-corrected chi connectivity index (χ4v) is 4.32. The monoisotopic (exact) mass is 446 g/mol. The van der Waals surface area contributed by atoms with Crippen molar-refractivity contribution in [3.63, 3.8) is 0 Å². The number of hydrogen-bond donors (Lipinski definition) is 3. The Balaban J connectivity index is 2.05. The summed E-state index contributed by atoms with van der Waals surface area (Å²) in [6, 6.07) is 16.6. The Hall–Kier alpha value is -2.42. The second kappa shape index (κ2) is 11.8. The van der Waals surface area contributed by atoms with Gasteiger partial charge in [0.1, 0.15) is 0 Å². The molecule has 7 nitrogen and oxygen atoms in total. The van der Waals surface area contributed by atoms with Gasteiger partial charge in [-0.2, -0.15) is 4.31 Å². The van der Waals surface area contributed by atoms with Crippen LogP contribution in [0.25, 0.3) is 0 Å². The highest BCUT2D eigenvalue weighted by Crippen LogP contribution is 2.17. The standard InChI is InChI=1S/C23H34N4O3S/c1-5-24-23(26-16-21(17-28)20-9-7-6-8-10-20)25-15-19-11-13-22(14-12-19)31(29,30)27(4)18(2)3/h6-14,18,21,28H,5,15-17H2,1-4H3,(H2,24,25,26). The van der Waals surface area contributed by atoms with E-state index in [1.165, 1.54) is 4.31 Å². The van der Waals surface area contributed by atoms with E-state index in [0.717, 1.165) is 11.1 Å². The summed E-state index contributed by atoms with van der Waals surface area (Å²) in [5.74, 6) is 0.612. The number of aliphatic hydroxyl groups is 1. The molecule has 0 radical (unpaired) electrons. The van der Waals surface area contributed by atoms with E-state index in [1.807, 2.05) is 51.1 Å². The Morgan fingerprint density at radius 2 is 1.71 bits per heavy atom. The number of guanidine groups is 1. The molecule has 1 atom stereocenters. The Morgan fingerprint density at radius 1 is 1.06 bits per heavy atom. The van der Waals surface area contributed by atoms with Crippen molar-refractivity contribution in [1.82, 2.24) is 14.9 Å². The smallest absolute Gasteiger partial charge is 0.243 e. The number of aliphatic hydroxyl groups excluding tert-OH is 1. The zero-order valence-corrected chi connectivity index (χ0v) is 19.6. The minimum absolute atomic E-state index is 0.0347. The first kappa shape index (κ1) is 24.8. The number of rotatable bonds is 10. The molecule has 0 amide bonds. The van der Waals surface area contributed by atoms with Crippen LogP contribution in [0.2, 0.25) is 0 Å². The van der Waals surface area contributed by atoms with Gasteiger partial charge in [0.05, 0.1) is 18.0 Å². The van der Waals surface area contributed by atoms with Gasteiger partial charge in [0.15, 0.2) is 5.96 Å². The molecule has 0 heterocycles. The molecule has 0 aliphatic heterocycles. The predicted octanol–water partition coefficient (Wildman–Crippen LogP) is 2.55. The molecule has 2 aromatic carbocycles. The van der Waals surface area contributed by atoms with Crippen molar-refractivity contribution in [3.05, 3.63) is 65.7 Å². The predicted molar refractivity (Wildman–Crippen MR) is 126 cm³/mol. The number of benzene rings is 2. The van der Waals surface area contributed by atoms with Crippen LogP contribution in [-0.4, -0.2) is 56.6 Å². The van der Waals surface area contributed by atoms with E-state index in [1.54, 1.807) is 31.3 Å². The first-order chi connectivity index (χ1) is 14.8. The van der Waals surface area contributed by atoms with Crippen LogP contribution >= 0.6 is 0 Å². The lowest BCUT2D eigenvalue weighted by molar-refractivity contribution is 0.265. The molecule has 8 heteroatoms. The second-order valence-electron chi connectivity index (χ2n) is 7.63. The maximum Gasteiger partial charge on any atom is 0.243 e. The Labute approximate surface area is 186 Å². The van der Waals surface area contributed by atoms with Gasteiger partial charge in [-0.15, -0.1) is 0 Å². The fraction of sp³-hybridized carbons (Fsp3) is 0.435. The summed E-state index contributed by atoms with van der Waals surface area (Å²) in [6.07, 6.45) is 0. The van der Waals surface area contributed by atoms with Gasteiger partial charge in [-0.05, 0) is 44.0 Å². The van der Waals surface area contributed by atoms with Crippen LogP contribution < -0.4 is 10.6 Å². The van der Waals surface area contributed by atoms with Crippen molar-refractivity contribution in [3.8, 4) is 0 Å². The largest absolute Gasteiger partial charge is 0.396 e. The lowest BCUT2D eigenvalue weighted by atomic mass is 10.0. The normalized spacial score (nSPS) is 13.5.